The maximum absolute atomic E-state index is 8.72. The number of hydrogen-bond acceptors (Lipinski definition) is 3. The van der Waals surface area contributed by atoms with Gasteiger partial charge in [0.15, 0.2) is 0 Å². The van der Waals surface area contributed by atoms with Crippen LogP contribution in [0.5, 0.6) is 11.5 Å². The van der Waals surface area contributed by atoms with Crippen molar-refractivity contribution in [3.8, 4) is 23.3 Å². The number of aliphatic hydroxyl groups is 1. The summed E-state index contributed by atoms with van der Waals surface area (Å²) >= 11 is 0. The van der Waals surface area contributed by atoms with Gasteiger partial charge in [0, 0.05) is 18.1 Å². The van der Waals surface area contributed by atoms with Gasteiger partial charge >= 0.3 is 0 Å². The first-order valence-electron chi connectivity index (χ1n) is 6.77. The number of aliphatic hydroxyl groups excluding tert-OH is 1. The first-order chi connectivity index (χ1) is 10.3. The second-order valence-electron chi connectivity index (χ2n) is 4.44. The minimum atomic E-state index is 0.0889. The van der Waals surface area contributed by atoms with Crippen molar-refractivity contribution in [2.24, 2.45) is 0 Å². The lowest BCUT2D eigenvalue weighted by molar-refractivity contribution is 0.303. The normalized spacial score (nSPS) is 9.62. The highest BCUT2D eigenvalue weighted by Gasteiger charge is 1.99. The molecule has 3 heteroatoms. The molecule has 0 amide bonds. The Morgan fingerprint density at radius 2 is 1.86 bits per heavy atom. The molecular formula is C18H18O3. The zero-order valence-corrected chi connectivity index (χ0v) is 12.0. The van der Waals surface area contributed by atoms with Crippen LogP contribution in [0.4, 0.5) is 0 Å². The molecule has 3 nitrogen and oxygen atoms in total. The third kappa shape index (κ3) is 4.87. The van der Waals surface area contributed by atoms with Gasteiger partial charge in [-0.25, -0.2) is 0 Å². The van der Waals surface area contributed by atoms with Gasteiger partial charge in [0.1, 0.15) is 18.1 Å². The lowest BCUT2D eigenvalue weighted by Gasteiger charge is -2.08. The molecule has 2 aromatic carbocycles. The lowest BCUT2D eigenvalue weighted by Crippen LogP contribution is -1.96. The summed E-state index contributed by atoms with van der Waals surface area (Å²) in [7, 11) is 1.63. The molecule has 0 unspecified atom stereocenters. The van der Waals surface area contributed by atoms with Crippen LogP contribution >= 0.6 is 0 Å². The van der Waals surface area contributed by atoms with Crippen LogP contribution in [-0.4, -0.2) is 18.8 Å². The molecule has 0 saturated heterocycles. The number of ether oxygens (including phenoxy) is 2. The number of methoxy groups -OCH3 is 1. The monoisotopic (exact) mass is 282 g/mol. The van der Waals surface area contributed by atoms with Crippen molar-refractivity contribution in [1.29, 1.82) is 0 Å². The summed E-state index contributed by atoms with van der Waals surface area (Å²) in [6, 6.07) is 15.4. The average molecular weight is 282 g/mol. The van der Waals surface area contributed by atoms with Crippen molar-refractivity contribution in [1.82, 2.24) is 0 Å². The fourth-order valence-corrected chi connectivity index (χ4v) is 1.82. The third-order valence-electron chi connectivity index (χ3n) is 2.84. The molecular weight excluding hydrogens is 264 g/mol. The molecule has 2 aromatic rings. The van der Waals surface area contributed by atoms with Crippen molar-refractivity contribution in [3.05, 3.63) is 59.7 Å². The van der Waals surface area contributed by atoms with Crippen LogP contribution in [0.2, 0.25) is 0 Å². The highest BCUT2D eigenvalue weighted by atomic mass is 16.5. The molecule has 0 saturated carbocycles. The molecule has 0 radical (unpaired) electrons. The van der Waals surface area contributed by atoms with Crippen LogP contribution in [0.15, 0.2) is 48.5 Å². The van der Waals surface area contributed by atoms with E-state index in [1.165, 1.54) is 0 Å². The van der Waals surface area contributed by atoms with Crippen molar-refractivity contribution in [2.75, 3.05) is 13.7 Å². The van der Waals surface area contributed by atoms with Crippen LogP contribution in [0, 0.1) is 11.8 Å². The van der Waals surface area contributed by atoms with Crippen molar-refractivity contribution < 1.29 is 14.6 Å². The summed E-state index contributed by atoms with van der Waals surface area (Å²) < 4.78 is 10.9. The zero-order valence-electron chi connectivity index (χ0n) is 12.0. The van der Waals surface area contributed by atoms with Gasteiger partial charge in [-0.2, -0.15) is 0 Å². The first-order valence-corrected chi connectivity index (χ1v) is 6.77. The van der Waals surface area contributed by atoms with E-state index in [9.17, 15) is 0 Å². The predicted molar refractivity (Wildman–Crippen MR) is 82.3 cm³/mol. The summed E-state index contributed by atoms with van der Waals surface area (Å²) in [4.78, 5) is 0. The highest BCUT2D eigenvalue weighted by Crippen LogP contribution is 2.20. The van der Waals surface area contributed by atoms with Crippen molar-refractivity contribution in [3.63, 3.8) is 0 Å². The van der Waals surface area contributed by atoms with E-state index in [0.29, 0.717) is 13.0 Å². The Labute approximate surface area is 125 Å². The molecule has 0 fully saturated rings. The summed E-state index contributed by atoms with van der Waals surface area (Å²) in [5.41, 5.74) is 1.98. The van der Waals surface area contributed by atoms with Crippen molar-refractivity contribution >= 4 is 0 Å². The van der Waals surface area contributed by atoms with Crippen molar-refractivity contribution in [2.45, 2.75) is 13.0 Å². The topological polar surface area (TPSA) is 38.7 Å². The smallest absolute Gasteiger partial charge is 0.123 e. The van der Waals surface area contributed by atoms with Gasteiger partial charge in [-0.15, -0.1) is 0 Å². The second kappa shape index (κ2) is 7.98. The first kappa shape index (κ1) is 15.0. The van der Waals surface area contributed by atoms with E-state index < -0.39 is 0 Å². The van der Waals surface area contributed by atoms with E-state index in [4.69, 9.17) is 14.6 Å². The summed E-state index contributed by atoms with van der Waals surface area (Å²) in [5.74, 6) is 7.47. The maximum atomic E-state index is 8.72. The molecule has 0 aliphatic rings. The Morgan fingerprint density at radius 1 is 1.05 bits per heavy atom. The summed E-state index contributed by atoms with van der Waals surface area (Å²) in [6.45, 7) is 0.564. The molecule has 0 aliphatic heterocycles. The van der Waals surface area contributed by atoms with E-state index in [1.54, 1.807) is 7.11 Å². The van der Waals surface area contributed by atoms with Gasteiger partial charge in [0.05, 0.1) is 13.7 Å². The second-order valence-corrected chi connectivity index (χ2v) is 4.44. The van der Waals surface area contributed by atoms with Crippen LogP contribution in [-0.2, 0) is 6.61 Å². The van der Waals surface area contributed by atoms with Crippen LogP contribution < -0.4 is 9.47 Å². The Hall–Kier alpha value is -2.44. The van der Waals surface area contributed by atoms with E-state index in [0.717, 1.165) is 22.6 Å². The molecule has 2 rings (SSSR count). The fraction of sp³-hybridized carbons (Fsp3) is 0.222. The average Bonchev–Trinajstić information content (AvgIpc) is 2.54. The van der Waals surface area contributed by atoms with E-state index >= 15 is 0 Å². The van der Waals surface area contributed by atoms with E-state index in [2.05, 4.69) is 11.8 Å². The largest absolute Gasteiger partial charge is 0.497 e. The SMILES string of the molecule is COc1cccc(OCc2cccc(C#CCCO)c2)c1. The molecule has 0 atom stereocenters. The van der Waals surface area contributed by atoms with Gasteiger partial charge in [-0.1, -0.05) is 30.0 Å². The minimum absolute atomic E-state index is 0.0889. The highest BCUT2D eigenvalue weighted by molar-refractivity contribution is 5.37. The quantitative estimate of drug-likeness (QED) is 0.857. The summed E-state index contributed by atoms with van der Waals surface area (Å²) in [6.07, 6.45) is 0.491. The van der Waals surface area contributed by atoms with Gasteiger partial charge < -0.3 is 14.6 Å². The zero-order chi connectivity index (χ0) is 14.9. The van der Waals surface area contributed by atoms with Gasteiger partial charge in [0.2, 0.25) is 0 Å². The van der Waals surface area contributed by atoms with Crippen LogP contribution in [0.25, 0.3) is 0 Å². The number of benzene rings is 2. The minimum Gasteiger partial charge on any atom is -0.497 e. The molecule has 0 aromatic heterocycles. The molecule has 0 aliphatic carbocycles. The Balaban J connectivity index is 2.00. The molecule has 1 N–H and O–H groups in total. The van der Waals surface area contributed by atoms with Gasteiger partial charge in [-0.3, -0.25) is 0 Å². The molecule has 108 valence electrons. The number of hydrogen-bond donors (Lipinski definition) is 1. The molecule has 0 bridgehead atoms. The molecule has 21 heavy (non-hydrogen) atoms. The standard InChI is InChI=1S/C18H18O3/c1-20-17-9-5-10-18(13-17)21-14-16-8-4-7-15(12-16)6-2-3-11-19/h4-5,7-10,12-13,19H,3,11,14H2,1H3. The lowest BCUT2D eigenvalue weighted by atomic mass is 10.1. The van der Waals surface area contributed by atoms with E-state index in [-0.39, 0.29) is 6.61 Å². The van der Waals surface area contributed by atoms with Gasteiger partial charge in [0.25, 0.3) is 0 Å². The van der Waals surface area contributed by atoms with Crippen LogP contribution in [0.3, 0.4) is 0 Å². The predicted octanol–water partition coefficient (Wildman–Crippen LogP) is 3.01. The molecule has 0 heterocycles. The maximum Gasteiger partial charge on any atom is 0.123 e. The molecule has 0 spiro atoms. The third-order valence-corrected chi connectivity index (χ3v) is 2.84. The Kier molecular flexibility index (Phi) is 5.69. The summed E-state index contributed by atoms with van der Waals surface area (Å²) in [5, 5.41) is 8.72. The fourth-order valence-electron chi connectivity index (χ4n) is 1.82. The van der Waals surface area contributed by atoms with Crippen LogP contribution in [0.1, 0.15) is 17.5 Å². The van der Waals surface area contributed by atoms with E-state index in [1.807, 2.05) is 48.5 Å². The Bertz CT molecular complexity index is 638. The number of rotatable bonds is 5. The Morgan fingerprint density at radius 3 is 2.67 bits per heavy atom. The van der Waals surface area contributed by atoms with Gasteiger partial charge in [-0.05, 0) is 29.8 Å².